The molecule has 1 atom stereocenters. The number of ether oxygens (including phenoxy) is 3. The maximum absolute atomic E-state index is 12.2. The molecule has 1 aliphatic heterocycles. The third-order valence-corrected chi connectivity index (χ3v) is 14.2. The number of hydrogen-bond donors (Lipinski definition) is 0. The van der Waals surface area contributed by atoms with Gasteiger partial charge in [0.2, 0.25) is 0 Å². The van der Waals surface area contributed by atoms with Crippen LogP contribution < -0.4 is 0 Å². The number of halogens is 13. The van der Waals surface area contributed by atoms with Crippen molar-refractivity contribution in [3.63, 3.8) is 0 Å². The summed E-state index contributed by atoms with van der Waals surface area (Å²) in [6, 6.07) is 2.18. The van der Waals surface area contributed by atoms with Crippen LogP contribution in [0.4, 0.5) is 13.2 Å². The van der Waals surface area contributed by atoms with Crippen LogP contribution in [0.5, 0.6) is 0 Å². The fraction of sp³-hybridized carbons (Fsp3) is 0.213. The summed E-state index contributed by atoms with van der Waals surface area (Å²) < 4.78 is 271. The van der Waals surface area contributed by atoms with E-state index >= 15 is 0 Å². The van der Waals surface area contributed by atoms with E-state index in [-0.39, 0.29) is 139 Å². The van der Waals surface area contributed by atoms with Crippen molar-refractivity contribution >= 4 is 251 Å². The molecule has 0 saturated carbocycles. The van der Waals surface area contributed by atoms with E-state index in [1.807, 2.05) is 50.3 Å². The zero-order valence-electron chi connectivity index (χ0n) is 78.2. The summed E-state index contributed by atoms with van der Waals surface area (Å²) in [5, 5.41) is 1.37. The fourth-order valence-corrected chi connectivity index (χ4v) is 8.08. The van der Waals surface area contributed by atoms with Crippen molar-refractivity contribution in [2.24, 2.45) is 0 Å². The molecule has 0 spiro atoms. The zero-order valence-corrected chi connectivity index (χ0v) is 73.2. The van der Waals surface area contributed by atoms with Gasteiger partial charge < -0.3 is 41.0 Å². The number of fused-ring (bicyclic) bond motifs is 1. The predicted molar refractivity (Wildman–Crippen MR) is 470 cm³/mol. The Hall–Kier alpha value is -2.26. The van der Waals surface area contributed by atoms with Crippen LogP contribution in [0.1, 0.15) is 163 Å². The molecule has 0 unspecified atom stereocenters. The Labute approximate surface area is 754 Å². The maximum Gasteiger partial charge on any atom is 0.534 e. The monoisotopic (exact) mass is 2280 g/mol. The van der Waals surface area contributed by atoms with Gasteiger partial charge in [-0.05, 0) is 110 Å². The zero-order chi connectivity index (χ0) is 96.2. The molecule has 0 aromatic heterocycles. The second-order valence-electron chi connectivity index (χ2n) is 18.9. The molecule has 10 nitrogen and oxygen atoms in total. The molecule has 1 aliphatic carbocycles. The number of methoxy groups -OCH3 is 1. The number of alkyl halides is 8. The van der Waals surface area contributed by atoms with Gasteiger partial charge in [0.25, 0.3) is 0 Å². The molecule has 1 fully saturated rings. The molecule has 10 rings (SSSR count). The normalized spacial score (nSPS) is 16.4. The number of carbonyl (C=O) groups is 4. The Morgan fingerprint density at radius 1 is 0.683 bits per heavy atom. The number of benzene rings is 8. The summed E-state index contributed by atoms with van der Waals surface area (Å²) in [6.45, 7) is 19.2. The van der Waals surface area contributed by atoms with Gasteiger partial charge in [-0.2, -0.15) is 35.1 Å². The maximum atomic E-state index is 12.2. The SMILES string of the molecule is C.COC.IC(I)I.ICI.O=Cc1cc(Cl)ccc1Br.S.[2H]c1c([2H])c([2H])c(C(=C)C2OC(C)(C)C(C)(C)O2)c([2H])c1[2H].[2H]c1c([2H])c([2H])c(C(=C)OS(=O)(=O)C(F)(F)F)c([2H])c1[2H].[2H]c1c([2H])c([2H])c(C(=C)c2ccc(Cl)cc2C=O)c([2H])c1[2H].[2H]c1c([2H])c([2H])c(C(C)=O)c([2H])c1[2H].[2H]c1c([2H])c([2H])c([C@@H]2CC(=O)c3cc(Cl)ccc32)c([2H])c1[2H].[CH2-]I.[V]. The first-order chi connectivity index (χ1) is 56.5. The molecule has 1 heterocycles. The van der Waals surface area contributed by atoms with Crippen molar-refractivity contribution < 1.29 is 112 Å². The number of aldehydes is 2. The van der Waals surface area contributed by atoms with Gasteiger partial charge in [0.15, 0.2) is 30.4 Å². The number of carbonyl (C=O) groups excluding carboxylic acids is 4. The molecule has 8 aromatic carbocycles. The van der Waals surface area contributed by atoms with Gasteiger partial charge in [-0.15, -0.1) is 0 Å². The molecule has 0 amide bonds. The Balaban J connectivity index is -0.00000141. The molecule has 0 N–H and O–H groups in total. The third kappa shape index (κ3) is 37.9. The van der Waals surface area contributed by atoms with Gasteiger partial charge in [0.1, 0.15) is 5.70 Å². The molecular weight excluding hydrogens is 2180 g/mol. The molecular formula is C75H78BrCl3F3I6O10S2V-. The summed E-state index contributed by atoms with van der Waals surface area (Å²) in [5.74, 6) is -2.41. The average molecular weight is 2280 g/mol. The third-order valence-electron chi connectivity index (χ3n) is 11.8. The van der Waals surface area contributed by atoms with Gasteiger partial charge >= 0.3 is 15.6 Å². The van der Waals surface area contributed by atoms with Crippen molar-refractivity contribution in [1.29, 1.82) is 0 Å². The Morgan fingerprint density at radius 2 is 1.04 bits per heavy atom. The summed E-state index contributed by atoms with van der Waals surface area (Å²) in [5.41, 5.74) is -5.14. The Kier molecular flexibility index (Phi) is 34.8. The van der Waals surface area contributed by atoms with Gasteiger partial charge in [-0.3, -0.25) is 24.1 Å². The van der Waals surface area contributed by atoms with Gasteiger partial charge in [0.05, 0.1) is 47.9 Å². The number of Topliss-reactive ketones (excluding diaryl/α,β-unsaturated/α-hetero) is 2. The van der Waals surface area contributed by atoms with E-state index in [0.717, 1.165) is 10.7 Å². The second-order valence-corrected chi connectivity index (χ2v) is 37.9. The Morgan fingerprint density at radius 3 is 1.44 bits per heavy atom. The molecule has 8 aromatic rings. The van der Waals surface area contributed by atoms with E-state index in [4.69, 9.17) is 78.5 Å². The Bertz CT molecular complexity index is 5290. The topological polar surface area (TPSA) is 139 Å². The number of rotatable bonds is 11. The van der Waals surface area contributed by atoms with Gasteiger partial charge in [-0.25, -0.2) is 0 Å². The van der Waals surface area contributed by atoms with Crippen molar-refractivity contribution in [2.45, 2.75) is 77.3 Å². The van der Waals surface area contributed by atoms with Gasteiger partial charge in [-0.1, -0.05) is 354 Å². The number of ketones is 2. The van der Waals surface area contributed by atoms with Crippen molar-refractivity contribution in [3.8, 4) is 0 Å². The quantitative estimate of drug-likeness (QED) is 0.0180. The van der Waals surface area contributed by atoms with E-state index in [1.165, 1.54) is 21.5 Å². The molecule has 1 radical (unpaired) electrons. The number of hydrogen-bond acceptors (Lipinski definition) is 10. The van der Waals surface area contributed by atoms with E-state index in [2.05, 4.69) is 162 Å². The first-order valence-electron chi connectivity index (χ1n) is 39.0. The first-order valence-corrected chi connectivity index (χ1v) is 38.1. The van der Waals surface area contributed by atoms with E-state index < -0.39 is 159 Å². The molecule has 26 heteroatoms. The molecule has 1 saturated heterocycles. The molecule has 101 heavy (non-hydrogen) atoms. The largest absolute Gasteiger partial charge is 0.534 e. The van der Waals surface area contributed by atoms with Gasteiger partial charge in [0, 0.05) is 98.0 Å². The van der Waals surface area contributed by atoms with E-state index in [0.29, 0.717) is 43.6 Å². The molecule has 547 valence electrons. The summed E-state index contributed by atoms with van der Waals surface area (Å²) in [4.78, 5) is 47.9. The van der Waals surface area contributed by atoms with Crippen LogP contribution in [0.15, 0.2) is 230 Å². The van der Waals surface area contributed by atoms with Crippen molar-refractivity contribution in [1.82, 2.24) is 0 Å². The molecule has 0 bridgehead atoms. The average Bonchev–Trinajstić information content (AvgIpc) is 1.58. The minimum atomic E-state index is -6.05. The first kappa shape index (κ1) is 64.7. The van der Waals surface area contributed by atoms with Crippen LogP contribution in [0.3, 0.4) is 0 Å². The van der Waals surface area contributed by atoms with Crippen molar-refractivity contribution in [2.75, 3.05) is 16.7 Å². The van der Waals surface area contributed by atoms with Crippen molar-refractivity contribution in [3.05, 3.63) is 306 Å². The standard InChI is InChI=1S/2C15H11ClO.C15H20O2.C9H7F3O3S.C8H8O.C7H4BrClO.C2H6O.CHI3.CH2I2.CH2I.CH4.H2S.V/c16-11-6-7-12-13(9-15(17)14(12)8-11)10-4-2-1-3-5-10;1-11(12-5-3-2-4-6-12)15-8-7-14(16)9-13(15)10-17;1-11(12-9-7-6-8-10-12)13-16-14(2,3)15(4,5)17-13;1-7(8-5-3-2-4-6-8)15-16(13,14)9(10,11)12;1-7(9)8-5-3-2-4-6-8;8-7-2-1-6(9)3-5(7)4-10;1-3-2;2-1(3)4;2-1-3;1-2;;;/h1-8,13H,9H2;2-10H,1H2;6-10,13H,1H2,2-5H3;2-6H,1H2;2-6H,1H3;1-4H;1-2H3;1H;1H2;1H2;1H4;1H2;/q;;;;;;;;;-1;;;/t13-;;;;;;;;;;;;/m0............/s1/i1D,2D,3D,4D,5D;2D,3D,4D,5D,6D;6D,7D,8D,9D,10D;2*2D,3D,4D,5D,6D;;;;;;;;. The van der Waals surface area contributed by atoms with Crippen LogP contribution >= 0.6 is 200 Å². The van der Waals surface area contributed by atoms with Crippen LogP contribution in [0.2, 0.25) is 15.1 Å². The van der Waals surface area contributed by atoms with E-state index in [1.54, 1.807) is 56.7 Å². The van der Waals surface area contributed by atoms with E-state index in [9.17, 15) is 40.8 Å². The predicted octanol–water partition coefficient (Wildman–Crippen LogP) is 25.8. The van der Waals surface area contributed by atoms with Crippen LogP contribution in [0.25, 0.3) is 16.9 Å². The summed E-state index contributed by atoms with van der Waals surface area (Å²) in [7, 11) is -2.80. The minimum Gasteiger partial charge on any atom is -0.388 e. The summed E-state index contributed by atoms with van der Waals surface area (Å²) in [6.07, 6.45) is 0.579. The van der Waals surface area contributed by atoms with Crippen LogP contribution in [-0.2, 0) is 47.1 Å². The second kappa shape index (κ2) is 54.3. The van der Waals surface area contributed by atoms with Crippen LogP contribution in [-0.4, -0.2) is 72.1 Å². The van der Waals surface area contributed by atoms with Crippen LogP contribution in [0, 0.1) is 4.93 Å². The fourth-order valence-electron chi connectivity index (χ4n) is 6.77. The summed E-state index contributed by atoms with van der Waals surface area (Å²) >= 11 is 34.0. The molecule has 2 aliphatic rings. The smallest absolute Gasteiger partial charge is 0.388 e. The minimum absolute atomic E-state index is 0.